The second-order valence-electron chi connectivity index (χ2n) is 7.71. The van der Waals surface area contributed by atoms with Gasteiger partial charge in [-0.2, -0.15) is 0 Å². The van der Waals surface area contributed by atoms with Crippen LogP contribution in [-0.2, 0) is 16.8 Å². The molecule has 26 heavy (non-hydrogen) atoms. The molecule has 2 heterocycles. The standard InChI is InChI=1S/C22H25NO3/c24-15-20(12-16-6-10-21(25)11-7-16)23-18-8-9-19(23)14-22(26,13-18)17-4-2-1-3-5-17/h1-7,10-11,15,18-20,25-26H,8-9,12-14H2. The van der Waals surface area contributed by atoms with E-state index in [1.165, 1.54) is 0 Å². The van der Waals surface area contributed by atoms with E-state index in [4.69, 9.17) is 0 Å². The molecule has 2 N–H and O–H groups in total. The minimum Gasteiger partial charge on any atom is -0.508 e. The number of piperidine rings is 1. The predicted molar refractivity (Wildman–Crippen MR) is 99.9 cm³/mol. The second-order valence-corrected chi connectivity index (χ2v) is 7.71. The van der Waals surface area contributed by atoms with Crippen LogP contribution in [-0.4, -0.2) is 39.5 Å². The van der Waals surface area contributed by atoms with Crippen LogP contribution in [0.3, 0.4) is 0 Å². The maximum atomic E-state index is 11.9. The van der Waals surface area contributed by atoms with Crippen LogP contribution in [0.15, 0.2) is 54.6 Å². The van der Waals surface area contributed by atoms with E-state index >= 15 is 0 Å². The van der Waals surface area contributed by atoms with Crippen LogP contribution in [0.1, 0.15) is 36.8 Å². The van der Waals surface area contributed by atoms with Crippen LogP contribution in [0.5, 0.6) is 5.75 Å². The van der Waals surface area contributed by atoms with E-state index in [9.17, 15) is 15.0 Å². The van der Waals surface area contributed by atoms with E-state index < -0.39 is 5.60 Å². The Kier molecular flexibility index (Phi) is 4.55. The normalized spacial score (nSPS) is 29.4. The molecule has 0 amide bonds. The number of aldehydes is 1. The summed E-state index contributed by atoms with van der Waals surface area (Å²) in [5.74, 6) is 0.238. The lowest BCUT2D eigenvalue weighted by atomic mass is 9.79. The van der Waals surface area contributed by atoms with Crippen molar-refractivity contribution in [1.29, 1.82) is 0 Å². The Labute approximate surface area is 154 Å². The van der Waals surface area contributed by atoms with Gasteiger partial charge in [-0.1, -0.05) is 42.5 Å². The smallest absolute Gasteiger partial charge is 0.137 e. The van der Waals surface area contributed by atoms with Crippen LogP contribution in [0, 0.1) is 0 Å². The lowest BCUT2D eigenvalue weighted by molar-refractivity contribution is -0.119. The molecule has 2 bridgehead atoms. The van der Waals surface area contributed by atoms with Crippen molar-refractivity contribution in [2.45, 2.75) is 55.8 Å². The summed E-state index contributed by atoms with van der Waals surface area (Å²) in [6.07, 6.45) is 5.09. The molecule has 0 saturated carbocycles. The van der Waals surface area contributed by atoms with Gasteiger partial charge in [0.05, 0.1) is 11.6 Å². The van der Waals surface area contributed by atoms with Crippen LogP contribution < -0.4 is 0 Å². The molecule has 2 saturated heterocycles. The number of aliphatic hydroxyl groups is 1. The SMILES string of the molecule is O=CC(Cc1ccc(O)cc1)N1C2CCC1CC(O)(c1ccccc1)C2. The van der Waals surface area contributed by atoms with E-state index in [0.29, 0.717) is 19.3 Å². The van der Waals surface area contributed by atoms with Gasteiger partial charge in [-0.05, 0) is 55.4 Å². The Morgan fingerprint density at radius 2 is 1.65 bits per heavy atom. The fraction of sp³-hybridized carbons (Fsp3) is 0.409. The van der Waals surface area contributed by atoms with Crippen molar-refractivity contribution < 1.29 is 15.0 Å². The highest BCUT2D eigenvalue weighted by atomic mass is 16.3. The summed E-state index contributed by atoms with van der Waals surface area (Å²) in [5.41, 5.74) is 1.23. The van der Waals surface area contributed by atoms with Gasteiger partial charge < -0.3 is 15.0 Å². The number of hydrogen-bond acceptors (Lipinski definition) is 4. The maximum absolute atomic E-state index is 11.9. The number of phenols is 1. The molecule has 2 aromatic carbocycles. The molecule has 4 heteroatoms. The van der Waals surface area contributed by atoms with Crippen LogP contribution in [0.4, 0.5) is 0 Å². The van der Waals surface area contributed by atoms with Crippen LogP contribution in [0.25, 0.3) is 0 Å². The number of carbonyl (C=O) groups is 1. The Morgan fingerprint density at radius 1 is 1.04 bits per heavy atom. The minimum absolute atomic E-state index is 0.183. The fourth-order valence-electron chi connectivity index (χ4n) is 4.88. The van der Waals surface area contributed by atoms with Gasteiger partial charge >= 0.3 is 0 Å². The van der Waals surface area contributed by atoms with Crippen molar-refractivity contribution >= 4 is 6.29 Å². The van der Waals surface area contributed by atoms with Crippen LogP contribution >= 0.6 is 0 Å². The average Bonchev–Trinajstić information content (AvgIpc) is 2.94. The van der Waals surface area contributed by atoms with Gasteiger partial charge in [-0.25, -0.2) is 0 Å². The lowest BCUT2D eigenvalue weighted by Gasteiger charge is -2.46. The van der Waals surface area contributed by atoms with Crippen molar-refractivity contribution in [2.75, 3.05) is 0 Å². The summed E-state index contributed by atoms with van der Waals surface area (Å²) in [4.78, 5) is 14.2. The highest BCUT2D eigenvalue weighted by Gasteiger charge is 2.50. The van der Waals surface area contributed by atoms with Crippen molar-refractivity contribution in [3.8, 4) is 5.75 Å². The van der Waals surface area contributed by atoms with E-state index in [0.717, 1.165) is 30.3 Å². The van der Waals surface area contributed by atoms with Gasteiger partial charge in [0, 0.05) is 12.1 Å². The molecule has 4 nitrogen and oxygen atoms in total. The zero-order valence-electron chi connectivity index (χ0n) is 14.8. The third-order valence-corrected chi connectivity index (χ3v) is 6.06. The molecule has 3 atom stereocenters. The monoisotopic (exact) mass is 351 g/mol. The van der Waals surface area contributed by atoms with Crippen molar-refractivity contribution in [2.24, 2.45) is 0 Å². The van der Waals surface area contributed by atoms with Crippen LogP contribution in [0.2, 0.25) is 0 Å². The molecule has 2 aliphatic rings. The number of phenolic OH excluding ortho intramolecular Hbond substituents is 1. The molecule has 136 valence electrons. The first kappa shape index (κ1) is 17.3. The van der Waals surface area contributed by atoms with E-state index in [2.05, 4.69) is 4.90 Å². The van der Waals surface area contributed by atoms with Crippen molar-refractivity contribution in [3.05, 3.63) is 65.7 Å². The number of benzene rings is 2. The number of aromatic hydroxyl groups is 1. The van der Waals surface area contributed by atoms with Gasteiger partial charge in [0.15, 0.2) is 0 Å². The Bertz CT molecular complexity index is 745. The summed E-state index contributed by atoms with van der Waals surface area (Å²) >= 11 is 0. The number of fused-ring (bicyclic) bond motifs is 2. The zero-order valence-corrected chi connectivity index (χ0v) is 14.8. The summed E-state index contributed by atoms with van der Waals surface area (Å²) in [5, 5.41) is 20.7. The molecule has 0 spiro atoms. The quantitative estimate of drug-likeness (QED) is 0.813. The third kappa shape index (κ3) is 3.15. The summed E-state index contributed by atoms with van der Waals surface area (Å²) in [7, 11) is 0. The first-order valence-corrected chi connectivity index (χ1v) is 9.37. The van der Waals surface area contributed by atoms with E-state index in [-0.39, 0.29) is 23.9 Å². The first-order chi connectivity index (χ1) is 12.6. The molecular weight excluding hydrogens is 326 g/mol. The highest BCUT2D eigenvalue weighted by Crippen LogP contribution is 2.46. The first-order valence-electron chi connectivity index (χ1n) is 9.37. The topological polar surface area (TPSA) is 60.8 Å². The molecule has 4 rings (SSSR count). The number of carbonyl (C=O) groups excluding carboxylic acids is 1. The predicted octanol–water partition coefficient (Wildman–Crippen LogP) is 3.02. The Hall–Kier alpha value is -2.17. The van der Waals surface area contributed by atoms with Gasteiger partial charge in [0.1, 0.15) is 12.0 Å². The highest BCUT2D eigenvalue weighted by molar-refractivity contribution is 5.59. The van der Waals surface area contributed by atoms with E-state index in [1.54, 1.807) is 12.1 Å². The molecule has 2 aromatic rings. The van der Waals surface area contributed by atoms with Crippen molar-refractivity contribution in [1.82, 2.24) is 4.90 Å². The van der Waals surface area contributed by atoms with Crippen molar-refractivity contribution in [3.63, 3.8) is 0 Å². The zero-order chi connectivity index (χ0) is 18.1. The van der Waals surface area contributed by atoms with Gasteiger partial charge in [-0.15, -0.1) is 0 Å². The summed E-state index contributed by atoms with van der Waals surface area (Å²) in [6, 6.07) is 17.3. The number of rotatable bonds is 5. The second kappa shape index (κ2) is 6.86. The van der Waals surface area contributed by atoms with Gasteiger partial charge in [0.2, 0.25) is 0 Å². The average molecular weight is 351 g/mol. The molecule has 2 fully saturated rings. The Morgan fingerprint density at radius 3 is 2.23 bits per heavy atom. The summed E-state index contributed by atoms with van der Waals surface area (Å²) in [6.45, 7) is 0. The minimum atomic E-state index is -0.796. The molecular formula is C22H25NO3. The number of nitrogens with zero attached hydrogens (tertiary/aromatic N) is 1. The summed E-state index contributed by atoms with van der Waals surface area (Å²) < 4.78 is 0. The largest absolute Gasteiger partial charge is 0.508 e. The maximum Gasteiger partial charge on any atom is 0.137 e. The molecule has 3 unspecified atom stereocenters. The fourth-order valence-corrected chi connectivity index (χ4v) is 4.88. The number of hydrogen-bond donors (Lipinski definition) is 2. The molecule has 2 aliphatic heterocycles. The lowest BCUT2D eigenvalue weighted by Crippen LogP contribution is -2.54. The van der Waals surface area contributed by atoms with Gasteiger partial charge in [0.25, 0.3) is 0 Å². The molecule has 0 aromatic heterocycles. The Balaban J connectivity index is 1.53. The van der Waals surface area contributed by atoms with Gasteiger partial charge in [-0.3, -0.25) is 4.90 Å². The van der Waals surface area contributed by atoms with E-state index in [1.807, 2.05) is 42.5 Å². The molecule has 0 radical (unpaired) electrons. The molecule has 0 aliphatic carbocycles. The third-order valence-electron chi connectivity index (χ3n) is 6.06.